The summed E-state index contributed by atoms with van der Waals surface area (Å²) in [5.74, 6) is -1.92. The number of amides is 4. The quantitative estimate of drug-likeness (QED) is 0.526. The third-order valence-corrected chi connectivity index (χ3v) is 3.06. The topological polar surface area (TPSA) is 75.3 Å². The SMILES string of the molecule is O=C1NC(=O)C(=CC2CCCCC2F)C(=O)N1. The molecule has 0 aromatic rings. The fourth-order valence-corrected chi connectivity index (χ4v) is 2.14. The number of nitrogens with one attached hydrogen (secondary N) is 2. The van der Waals surface area contributed by atoms with Gasteiger partial charge in [0.15, 0.2) is 0 Å². The van der Waals surface area contributed by atoms with Crippen LogP contribution in [0.5, 0.6) is 0 Å². The number of carbonyl (C=O) groups is 3. The molecule has 2 N–H and O–H groups in total. The summed E-state index contributed by atoms with van der Waals surface area (Å²) in [6.45, 7) is 0. The highest BCUT2D eigenvalue weighted by Gasteiger charge is 2.31. The number of halogens is 1. The maximum Gasteiger partial charge on any atom is 0.328 e. The molecule has 0 spiro atoms. The molecule has 2 rings (SSSR count). The van der Waals surface area contributed by atoms with Crippen LogP contribution in [0.2, 0.25) is 0 Å². The number of barbiturate groups is 1. The largest absolute Gasteiger partial charge is 0.328 e. The molecule has 1 saturated heterocycles. The number of rotatable bonds is 1. The van der Waals surface area contributed by atoms with Crippen LogP contribution in [0, 0.1) is 5.92 Å². The fourth-order valence-electron chi connectivity index (χ4n) is 2.14. The smallest absolute Gasteiger partial charge is 0.273 e. The summed E-state index contributed by atoms with van der Waals surface area (Å²) in [5.41, 5.74) is -0.167. The minimum atomic E-state index is -1.02. The number of alkyl halides is 1. The number of carbonyl (C=O) groups excluding carboxylic acids is 3. The molecular weight excluding hydrogens is 227 g/mol. The van der Waals surface area contributed by atoms with Crippen molar-refractivity contribution in [2.45, 2.75) is 31.9 Å². The van der Waals surface area contributed by atoms with Crippen LogP contribution >= 0.6 is 0 Å². The molecule has 4 amide bonds. The second-order valence-electron chi connectivity index (χ2n) is 4.28. The van der Waals surface area contributed by atoms with Crippen molar-refractivity contribution in [1.29, 1.82) is 0 Å². The van der Waals surface area contributed by atoms with Crippen molar-refractivity contribution in [2.24, 2.45) is 5.92 Å². The van der Waals surface area contributed by atoms with Crippen LogP contribution in [-0.4, -0.2) is 24.0 Å². The number of hydrogen-bond acceptors (Lipinski definition) is 3. The molecule has 0 aromatic heterocycles. The van der Waals surface area contributed by atoms with E-state index in [1.807, 2.05) is 10.6 Å². The lowest BCUT2D eigenvalue weighted by Crippen LogP contribution is -2.51. The first-order valence-electron chi connectivity index (χ1n) is 5.60. The Hall–Kier alpha value is -1.72. The van der Waals surface area contributed by atoms with Gasteiger partial charge >= 0.3 is 6.03 Å². The highest BCUT2D eigenvalue weighted by Crippen LogP contribution is 2.29. The van der Waals surface area contributed by atoms with Gasteiger partial charge in [-0.05, 0) is 12.8 Å². The summed E-state index contributed by atoms with van der Waals surface area (Å²) < 4.78 is 13.6. The Morgan fingerprint density at radius 2 is 1.65 bits per heavy atom. The number of allylic oxidation sites excluding steroid dienone is 1. The zero-order valence-corrected chi connectivity index (χ0v) is 9.16. The Morgan fingerprint density at radius 3 is 2.24 bits per heavy atom. The number of urea groups is 1. The summed E-state index contributed by atoms with van der Waals surface area (Å²) in [6, 6.07) is -0.836. The number of hydrogen-bond donors (Lipinski definition) is 2. The molecule has 17 heavy (non-hydrogen) atoms. The van der Waals surface area contributed by atoms with Gasteiger partial charge in [0.1, 0.15) is 11.7 Å². The first-order valence-corrected chi connectivity index (χ1v) is 5.60. The normalized spacial score (nSPS) is 29.7. The molecule has 2 fully saturated rings. The van der Waals surface area contributed by atoms with Crippen LogP contribution in [0.15, 0.2) is 11.6 Å². The van der Waals surface area contributed by atoms with Crippen molar-refractivity contribution in [3.63, 3.8) is 0 Å². The standard InChI is InChI=1S/C11H13FN2O3/c12-8-4-2-1-3-6(8)5-7-9(15)13-11(17)14-10(7)16/h5-6,8H,1-4H2,(H2,13,14,15,16,17). The Kier molecular flexibility index (Phi) is 3.21. The van der Waals surface area contributed by atoms with Gasteiger partial charge in [0, 0.05) is 5.92 Å². The molecule has 1 heterocycles. The van der Waals surface area contributed by atoms with Crippen LogP contribution in [0.4, 0.5) is 9.18 Å². The lowest BCUT2D eigenvalue weighted by Gasteiger charge is -2.24. The first kappa shape index (κ1) is 11.8. The maximum absolute atomic E-state index is 13.6. The van der Waals surface area contributed by atoms with Crippen molar-refractivity contribution in [2.75, 3.05) is 0 Å². The average Bonchev–Trinajstić information content (AvgIpc) is 2.25. The van der Waals surface area contributed by atoms with Gasteiger partial charge in [-0.15, -0.1) is 0 Å². The van der Waals surface area contributed by atoms with E-state index in [2.05, 4.69) is 0 Å². The van der Waals surface area contributed by atoms with Crippen molar-refractivity contribution < 1.29 is 18.8 Å². The highest BCUT2D eigenvalue weighted by atomic mass is 19.1. The molecule has 2 aliphatic rings. The molecule has 1 aliphatic heterocycles. The third-order valence-electron chi connectivity index (χ3n) is 3.06. The summed E-state index contributed by atoms with van der Waals surface area (Å²) >= 11 is 0. The van der Waals surface area contributed by atoms with E-state index in [1.54, 1.807) is 0 Å². The minimum Gasteiger partial charge on any atom is -0.273 e. The van der Waals surface area contributed by atoms with Crippen LogP contribution in [0.25, 0.3) is 0 Å². The molecule has 0 aromatic carbocycles. The van der Waals surface area contributed by atoms with E-state index >= 15 is 0 Å². The maximum atomic E-state index is 13.6. The van der Waals surface area contributed by atoms with Gasteiger partial charge in [-0.2, -0.15) is 0 Å². The third kappa shape index (κ3) is 2.51. The van der Waals surface area contributed by atoms with E-state index in [4.69, 9.17) is 0 Å². The molecule has 1 aliphatic carbocycles. The molecule has 6 heteroatoms. The molecule has 0 bridgehead atoms. The van der Waals surface area contributed by atoms with E-state index in [-0.39, 0.29) is 5.57 Å². The second kappa shape index (κ2) is 4.65. The van der Waals surface area contributed by atoms with E-state index in [0.717, 1.165) is 12.8 Å². The Morgan fingerprint density at radius 1 is 1.06 bits per heavy atom. The van der Waals surface area contributed by atoms with Crippen molar-refractivity contribution in [3.8, 4) is 0 Å². The Balaban J connectivity index is 2.17. The van der Waals surface area contributed by atoms with Gasteiger partial charge in [-0.1, -0.05) is 18.9 Å². The van der Waals surface area contributed by atoms with Crippen LogP contribution in [0.3, 0.4) is 0 Å². The molecule has 1 saturated carbocycles. The second-order valence-corrected chi connectivity index (χ2v) is 4.28. The van der Waals surface area contributed by atoms with Gasteiger partial charge < -0.3 is 0 Å². The molecule has 92 valence electrons. The average molecular weight is 240 g/mol. The van der Waals surface area contributed by atoms with Gasteiger partial charge in [0.05, 0.1) is 0 Å². The lowest BCUT2D eigenvalue weighted by molar-refractivity contribution is -0.124. The monoisotopic (exact) mass is 240 g/mol. The van der Waals surface area contributed by atoms with E-state index in [9.17, 15) is 18.8 Å². The Labute approximate surface area is 97.4 Å². The summed E-state index contributed by atoms with van der Waals surface area (Å²) in [5, 5.41) is 3.93. The summed E-state index contributed by atoms with van der Waals surface area (Å²) in [7, 11) is 0. The molecule has 5 nitrogen and oxygen atoms in total. The van der Waals surface area contributed by atoms with Crippen LogP contribution < -0.4 is 10.6 Å². The van der Waals surface area contributed by atoms with Gasteiger partial charge in [0.2, 0.25) is 0 Å². The summed E-state index contributed by atoms with van der Waals surface area (Å²) in [6.07, 6.45) is 3.13. The van der Waals surface area contributed by atoms with E-state index < -0.39 is 29.9 Å². The number of imide groups is 2. The van der Waals surface area contributed by atoms with E-state index in [0.29, 0.717) is 12.8 Å². The Bertz CT molecular complexity index is 384. The van der Waals surface area contributed by atoms with Crippen LogP contribution in [0.1, 0.15) is 25.7 Å². The zero-order valence-electron chi connectivity index (χ0n) is 9.16. The van der Waals surface area contributed by atoms with Crippen LogP contribution in [-0.2, 0) is 9.59 Å². The van der Waals surface area contributed by atoms with Gasteiger partial charge in [0.25, 0.3) is 11.8 Å². The van der Waals surface area contributed by atoms with Crippen molar-refractivity contribution >= 4 is 17.8 Å². The van der Waals surface area contributed by atoms with Gasteiger partial charge in [-0.3, -0.25) is 20.2 Å². The zero-order chi connectivity index (χ0) is 12.4. The van der Waals surface area contributed by atoms with Crippen molar-refractivity contribution in [3.05, 3.63) is 11.6 Å². The minimum absolute atomic E-state index is 0.167. The highest BCUT2D eigenvalue weighted by molar-refractivity contribution is 6.28. The predicted molar refractivity (Wildman–Crippen MR) is 56.6 cm³/mol. The first-order chi connectivity index (χ1) is 8.08. The lowest BCUT2D eigenvalue weighted by atomic mass is 9.86. The van der Waals surface area contributed by atoms with E-state index in [1.165, 1.54) is 6.08 Å². The summed E-state index contributed by atoms with van der Waals surface area (Å²) in [4.78, 5) is 33.6. The fraction of sp³-hybridized carbons (Fsp3) is 0.545. The molecule has 2 unspecified atom stereocenters. The molecule has 0 radical (unpaired) electrons. The van der Waals surface area contributed by atoms with Gasteiger partial charge in [-0.25, -0.2) is 9.18 Å². The molecule has 2 atom stereocenters. The van der Waals surface area contributed by atoms with Crippen molar-refractivity contribution in [1.82, 2.24) is 10.6 Å². The molecular formula is C11H13FN2O3. The predicted octanol–water partition coefficient (Wildman–Crippen LogP) is 0.807.